The topological polar surface area (TPSA) is 121 Å². The summed E-state index contributed by atoms with van der Waals surface area (Å²) in [5.74, 6) is 0.285. The fourth-order valence-corrected chi connectivity index (χ4v) is 9.91. The Labute approximate surface area is 334 Å². The van der Waals surface area contributed by atoms with Crippen molar-refractivity contribution in [3.63, 3.8) is 0 Å². The van der Waals surface area contributed by atoms with Crippen molar-refractivity contribution in [2.75, 3.05) is 18.4 Å². The van der Waals surface area contributed by atoms with Gasteiger partial charge in [0.25, 0.3) is 0 Å². The van der Waals surface area contributed by atoms with E-state index in [9.17, 15) is 14.4 Å². The van der Waals surface area contributed by atoms with Crippen LogP contribution in [0.25, 0.3) is 27.9 Å². The average Bonchev–Trinajstić information content (AvgIpc) is 3.60. The lowest BCUT2D eigenvalue weighted by molar-refractivity contribution is -0.248. The van der Waals surface area contributed by atoms with Gasteiger partial charge in [-0.1, -0.05) is 69.3 Å². The van der Waals surface area contributed by atoms with Gasteiger partial charge >= 0.3 is 0 Å². The number of amides is 3. The van der Waals surface area contributed by atoms with Gasteiger partial charge in [0.1, 0.15) is 12.4 Å². The zero-order valence-corrected chi connectivity index (χ0v) is 33.5. The number of imide groups is 1. The van der Waals surface area contributed by atoms with Gasteiger partial charge < -0.3 is 10.6 Å². The molecule has 5 aromatic rings. The molecule has 3 aliphatic carbocycles. The number of hydrogen-bond acceptors (Lipinski definition) is 7. The summed E-state index contributed by atoms with van der Waals surface area (Å²) in [6.45, 7) is 12.6. The van der Waals surface area contributed by atoms with Gasteiger partial charge in [-0.15, -0.1) is 0 Å². The van der Waals surface area contributed by atoms with Crippen LogP contribution in [0.4, 0.5) is 5.69 Å². The monoisotopic (exact) mass is 763 g/mol. The van der Waals surface area contributed by atoms with Crippen LogP contribution in [0.5, 0.6) is 0 Å². The molecule has 2 saturated heterocycles. The largest absolute Gasteiger partial charge is 0.374 e. The van der Waals surface area contributed by atoms with Crippen LogP contribution < -0.4 is 16.0 Å². The zero-order chi connectivity index (χ0) is 39.5. The minimum Gasteiger partial charge on any atom is -0.374 e. The summed E-state index contributed by atoms with van der Waals surface area (Å²) in [5, 5.41) is 13.5. The first-order valence-electron chi connectivity index (χ1n) is 20.6. The van der Waals surface area contributed by atoms with Crippen LogP contribution in [0, 0.1) is 23.2 Å². The Morgan fingerprint density at radius 3 is 2.30 bits per heavy atom. The van der Waals surface area contributed by atoms with Gasteiger partial charge in [-0.2, -0.15) is 5.10 Å². The number of nitrogens with zero attached hydrogens (tertiary/aromatic N) is 4. The quantitative estimate of drug-likeness (QED) is 0.124. The first kappa shape index (κ1) is 37.2. The Morgan fingerprint density at radius 1 is 0.895 bits per heavy atom. The standard InChI is InChI=1S/C47H53N7O3/c1-30-21-35(9-10-36(30)23-48-44(57)46-26-47(27-46,28-46)45(2,3)4)42-40-22-37(25-54(40)50-29-49-42)33-7-5-31(6-8-33)24-53-19-17-34(18-20-53)32-11-13-38(14-12-32)51-39-15-16-41(55)52-43(39)56/h5-14,21-22,25,29,34,39,51H,15-20,23-24,26-28H2,1-4H3,(H,48,57)(H,52,55,56). The number of anilines is 1. The van der Waals surface area contributed by atoms with Crippen LogP contribution in [0.3, 0.4) is 0 Å². The molecule has 0 spiro atoms. The average molecular weight is 764 g/mol. The number of aryl methyl sites for hydroxylation is 1. The lowest BCUT2D eigenvalue weighted by Crippen LogP contribution is -2.71. The zero-order valence-electron chi connectivity index (χ0n) is 33.5. The van der Waals surface area contributed by atoms with Gasteiger partial charge in [-0.3, -0.25) is 24.6 Å². The lowest BCUT2D eigenvalue weighted by Gasteiger charge is -2.74. The summed E-state index contributed by atoms with van der Waals surface area (Å²) in [7, 11) is 0. The highest BCUT2D eigenvalue weighted by atomic mass is 16.2. The normalized spacial score (nSPS) is 23.8. The van der Waals surface area contributed by atoms with Crippen molar-refractivity contribution in [2.24, 2.45) is 16.2 Å². The predicted molar refractivity (Wildman–Crippen MR) is 222 cm³/mol. The van der Waals surface area contributed by atoms with Gasteiger partial charge in [0.2, 0.25) is 17.7 Å². The molecule has 5 aliphatic rings. The number of fused-ring (bicyclic) bond motifs is 1. The second-order valence-corrected chi connectivity index (χ2v) is 18.3. The van der Waals surface area contributed by atoms with E-state index < -0.39 is 0 Å². The summed E-state index contributed by atoms with van der Waals surface area (Å²) in [5.41, 5.74) is 11.4. The number of likely N-dealkylation sites (tertiary alicyclic amines) is 1. The third-order valence-electron chi connectivity index (χ3n) is 13.8. The lowest BCUT2D eigenvalue weighted by atomic mass is 9.29. The fourth-order valence-electron chi connectivity index (χ4n) is 9.91. The van der Waals surface area contributed by atoms with Gasteiger partial charge in [0, 0.05) is 42.5 Å². The maximum atomic E-state index is 13.2. The van der Waals surface area contributed by atoms with Gasteiger partial charge in [0.15, 0.2) is 0 Å². The van der Waals surface area contributed by atoms with Crippen LogP contribution in [-0.2, 0) is 27.5 Å². The highest BCUT2D eigenvalue weighted by Crippen LogP contribution is 2.79. The summed E-state index contributed by atoms with van der Waals surface area (Å²) in [6, 6.07) is 25.5. The van der Waals surface area contributed by atoms with E-state index in [-0.39, 0.29) is 34.6 Å². The molecule has 10 rings (SSSR count). The molecule has 1 atom stereocenters. The molecule has 3 saturated carbocycles. The Bertz CT molecular complexity index is 2330. The molecular weight excluding hydrogens is 711 g/mol. The summed E-state index contributed by atoms with van der Waals surface area (Å²) in [6.07, 6.45) is 9.86. The summed E-state index contributed by atoms with van der Waals surface area (Å²) >= 11 is 0. The van der Waals surface area contributed by atoms with Crippen LogP contribution in [-0.4, -0.2) is 56.4 Å². The maximum absolute atomic E-state index is 13.2. The number of carbonyl (C=O) groups excluding carboxylic acids is 3. The van der Waals surface area contributed by atoms with E-state index in [0.717, 1.165) is 96.5 Å². The molecule has 5 fully saturated rings. The number of carbonyl (C=O) groups is 3. The molecular formula is C47H53N7O3. The number of benzene rings is 3. The van der Waals surface area contributed by atoms with Crippen molar-refractivity contribution in [1.29, 1.82) is 0 Å². The van der Waals surface area contributed by atoms with Crippen molar-refractivity contribution in [2.45, 2.75) is 97.7 Å². The minimum atomic E-state index is -0.368. The second-order valence-electron chi connectivity index (χ2n) is 18.3. The SMILES string of the molecule is Cc1cc(-c2ncnn3cc(-c4ccc(CN5CCC(c6ccc(NC7CCC(=O)NC7=O)cc6)CC5)cc4)cc23)ccc1CNC(=O)C12CC(C(C)(C)C)(C1)C2. The van der Waals surface area contributed by atoms with E-state index in [1.807, 2.05) is 4.52 Å². The van der Waals surface area contributed by atoms with Crippen LogP contribution >= 0.6 is 0 Å². The number of rotatable bonds is 10. The minimum absolute atomic E-state index is 0.141. The van der Waals surface area contributed by atoms with Crippen molar-refractivity contribution in [3.8, 4) is 22.4 Å². The van der Waals surface area contributed by atoms with E-state index in [2.05, 4.69) is 133 Å². The van der Waals surface area contributed by atoms with Crippen LogP contribution in [0.15, 0.2) is 85.3 Å². The second kappa shape index (κ2) is 14.2. The third kappa shape index (κ3) is 7.02. The van der Waals surface area contributed by atoms with Gasteiger partial charge in [0.05, 0.1) is 16.6 Å². The first-order chi connectivity index (χ1) is 27.4. The molecule has 2 bridgehead atoms. The van der Waals surface area contributed by atoms with Crippen molar-refractivity contribution < 1.29 is 14.4 Å². The molecule has 0 radical (unpaired) electrons. The maximum Gasteiger partial charge on any atom is 0.249 e. The molecule has 2 aromatic heterocycles. The van der Waals surface area contributed by atoms with E-state index in [1.165, 1.54) is 11.1 Å². The number of hydrogen-bond donors (Lipinski definition) is 3. The highest BCUT2D eigenvalue weighted by molar-refractivity contribution is 6.01. The van der Waals surface area contributed by atoms with Crippen molar-refractivity contribution in [3.05, 3.63) is 108 Å². The summed E-state index contributed by atoms with van der Waals surface area (Å²) in [4.78, 5) is 44.0. The van der Waals surface area contributed by atoms with Crippen molar-refractivity contribution in [1.82, 2.24) is 30.1 Å². The van der Waals surface area contributed by atoms with Gasteiger partial charge in [-0.25, -0.2) is 9.50 Å². The smallest absolute Gasteiger partial charge is 0.249 e. The van der Waals surface area contributed by atoms with Crippen LogP contribution in [0.1, 0.15) is 93.9 Å². The Kier molecular flexibility index (Phi) is 9.30. The molecule has 57 heavy (non-hydrogen) atoms. The van der Waals surface area contributed by atoms with E-state index in [4.69, 9.17) is 4.98 Å². The molecule has 4 heterocycles. The van der Waals surface area contributed by atoms with Gasteiger partial charge in [-0.05, 0) is 127 Å². The highest BCUT2D eigenvalue weighted by Gasteiger charge is 2.74. The molecule has 10 nitrogen and oxygen atoms in total. The third-order valence-corrected chi connectivity index (χ3v) is 13.8. The Morgan fingerprint density at radius 2 is 1.61 bits per heavy atom. The Hall–Kier alpha value is -5.35. The van der Waals surface area contributed by atoms with Crippen molar-refractivity contribution >= 4 is 28.9 Å². The molecule has 294 valence electrons. The number of nitrogens with one attached hydrogen (secondary N) is 3. The first-order valence-corrected chi connectivity index (χ1v) is 20.6. The fraction of sp³-hybridized carbons (Fsp3) is 0.426. The molecule has 1 unspecified atom stereocenters. The molecule has 3 aromatic carbocycles. The molecule has 3 amide bonds. The molecule has 10 heteroatoms. The van der Waals surface area contributed by atoms with E-state index in [1.54, 1.807) is 6.33 Å². The number of piperidine rings is 2. The molecule has 2 aliphatic heterocycles. The number of aromatic nitrogens is 3. The predicted octanol–water partition coefficient (Wildman–Crippen LogP) is 7.80. The Balaban J connectivity index is 0.786. The molecule has 3 N–H and O–H groups in total. The van der Waals surface area contributed by atoms with E-state index in [0.29, 0.717) is 30.7 Å². The van der Waals surface area contributed by atoms with Crippen LogP contribution in [0.2, 0.25) is 0 Å². The van der Waals surface area contributed by atoms with E-state index >= 15 is 0 Å². The summed E-state index contributed by atoms with van der Waals surface area (Å²) < 4.78 is 1.91.